The molecule has 148 valence electrons. The van der Waals surface area contributed by atoms with Crippen LogP contribution in [0.1, 0.15) is 41.4 Å². The second kappa shape index (κ2) is 8.27. The molecule has 2 aliphatic heterocycles. The van der Waals surface area contributed by atoms with Gasteiger partial charge in [0.2, 0.25) is 5.91 Å². The van der Waals surface area contributed by atoms with Gasteiger partial charge in [0, 0.05) is 62.4 Å². The van der Waals surface area contributed by atoms with Crippen molar-refractivity contribution in [1.82, 2.24) is 19.8 Å². The molecular weight excluding hydrogens is 352 g/mol. The van der Waals surface area contributed by atoms with E-state index in [2.05, 4.69) is 16.9 Å². The minimum absolute atomic E-state index is 0.220. The molecule has 0 spiro atoms. The standard InChI is InChI=1S/C22H28N4O2/c1-25-11-10-20-18(14-25)13-23-22(24-20)17-9-12-26(15-17)21(27)8-5-16-3-6-19(28-2)7-4-16/h3-4,6-7,13,17H,5,8-12,14-15H2,1-2H3/t17-/m0/s1. The molecule has 0 bridgehead atoms. The summed E-state index contributed by atoms with van der Waals surface area (Å²) >= 11 is 0. The minimum Gasteiger partial charge on any atom is -0.497 e. The van der Waals surface area contributed by atoms with Gasteiger partial charge in [0.25, 0.3) is 0 Å². The number of benzene rings is 1. The number of likely N-dealkylation sites (N-methyl/N-ethyl adjacent to an activating group) is 1. The molecule has 0 aliphatic carbocycles. The zero-order valence-electron chi connectivity index (χ0n) is 16.7. The van der Waals surface area contributed by atoms with Crippen molar-refractivity contribution in [3.8, 4) is 5.75 Å². The molecule has 3 heterocycles. The van der Waals surface area contributed by atoms with Crippen molar-refractivity contribution in [2.24, 2.45) is 0 Å². The molecule has 4 rings (SSSR count). The lowest BCUT2D eigenvalue weighted by atomic mass is 10.1. The normalized spacial score (nSPS) is 19.5. The fourth-order valence-corrected chi connectivity index (χ4v) is 4.07. The number of aromatic nitrogens is 2. The van der Waals surface area contributed by atoms with Gasteiger partial charge >= 0.3 is 0 Å². The number of ether oxygens (including phenoxy) is 1. The van der Waals surface area contributed by atoms with Gasteiger partial charge in [-0.15, -0.1) is 0 Å². The van der Waals surface area contributed by atoms with Gasteiger partial charge in [0.15, 0.2) is 0 Å². The monoisotopic (exact) mass is 380 g/mol. The van der Waals surface area contributed by atoms with E-state index < -0.39 is 0 Å². The number of methoxy groups -OCH3 is 1. The number of hydrogen-bond donors (Lipinski definition) is 0. The van der Waals surface area contributed by atoms with Crippen molar-refractivity contribution in [1.29, 1.82) is 0 Å². The first kappa shape index (κ1) is 18.9. The Morgan fingerprint density at radius 2 is 2.07 bits per heavy atom. The summed E-state index contributed by atoms with van der Waals surface area (Å²) in [5, 5.41) is 0. The largest absolute Gasteiger partial charge is 0.497 e. The molecule has 28 heavy (non-hydrogen) atoms. The summed E-state index contributed by atoms with van der Waals surface area (Å²) in [6.07, 6.45) is 5.22. The number of aryl methyl sites for hydroxylation is 1. The Morgan fingerprint density at radius 3 is 2.86 bits per heavy atom. The smallest absolute Gasteiger partial charge is 0.222 e. The van der Waals surface area contributed by atoms with Crippen LogP contribution in [0.4, 0.5) is 0 Å². The molecule has 1 aromatic carbocycles. The topological polar surface area (TPSA) is 58.6 Å². The lowest BCUT2D eigenvalue weighted by Gasteiger charge is -2.24. The van der Waals surface area contributed by atoms with Gasteiger partial charge in [0.05, 0.1) is 7.11 Å². The molecule has 1 amide bonds. The molecule has 0 radical (unpaired) electrons. The highest BCUT2D eigenvalue weighted by atomic mass is 16.5. The Hall–Kier alpha value is -2.47. The highest BCUT2D eigenvalue weighted by Gasteiger charge is 2.29. The van der Waals surface area contributed by atoms with E-state index in [1.54, 1.807) is 7.11 Å². The van der Waals surface area contributed by atoms with Gasteiger partial charge in [-0.25, -0.2) is 9.97 Å². The highest BCUT2D eigenvalue weighted by Crippen LogP contribution is 2.27. The van der Waals surface area contributed by atoms with Crippen LogP contribution in [0.25, 0.3) is 0 Å². The zero-order valence-corrected chi connectivity index (χ0v) is 16.7. The van der Waals surface area contributed by atoms with E-state index in [0.29, 0.717) is 6.42 Å². The predicted molar refractivity (Wildman–Crippen MR) is 107 cm³/mol. The average molecular weight is 380 g/mol. The van der Waals surface area contributed by atoms with Crippen molar-refractivity contribution in [3.05, 3.63) is 53.1 Å². The van der Waals surface area contributed by atoms with E-state index in [1.807, 2.05) is 35.4 Å². The Labute approximate surface area is 166 Å². The van der Waals surface area contributed by atoms with E-state index in [1.165, 1.54) is 11.3 Å². The fourth-order valence-electron chi connectivity index (χ4n) is 4.07. The number of carbonyl (C=O) groups is 1. The number of carbonyl (C=O) groups excluding carboxylic acids is 1. The Morgan fingerprint density at radius 1 is 1.25 bits per heavy atom. The average Bonchev–Trinajstić information content (AvgIpc) is 3.22. The molecule has 0 unspecified atom stereocenters. The highest BCUT2D eigenvalue weighted by molar-refractivity contribution is 5.76. The Kier molecular flexibility index (Phi) is 5.57. The molecule has 0 saturated carbocycles. The summed E-state index contributed by atoms with van der Waals surface area (Å²) in [4.78, 5) is 26.4. The van der Waals surface area contributed by atoms with Crippen LogP contribution in [-0.4, -0.2) is 59.5 Å². The summed E-state index contributed by atoms with van der Waals surface area (Å²) in [5.74, 6) is 2.23. The SMILES string of the molecule is COc1ccc(CCC(=O)N2CC[C@H](c3ncc4c(n3)CCN(C)C4)C2)cc1. The first-order valence-corrected chi connectivity index (χ1v) is 10.1. The van der Waals surface area contributed by atoms with Crippen molar-refractivity contribution in [3.63, 3.8) is 0 Å². The molecule has 1 fully saturated rings. The first-order chi connectivity index (χ1) is 13.6. The first-order valence-electron chi connectivity index (χ1n) is 10.1. The number of nitrogens with zero attached hydrogens (tertiary/aromatic N) is 4. The maximum atomic E-state index is 12.6. The summed E-state index contributed by atoms with van der Waals surface area (Å²) < 4.78 is 5.18. The Bertz CT molecular complexity index is 837. The number of rotatable bonds is 5. The molecule has 0 N–H and O–H groups in total. The van der Waals surface area contributed by atoms with Gasteiger partial charge in [-0.2, -0.15) is 0 Å². The van der Waals surface area contributed by atoms with Crippen LogP contribution >= 0.6 is 0 Å². The molecule has 6 nitrogen and oxygen atoms in total. The summed E-state index contributed by atoms with van der Waals surface area (Å²) in [7, 11) is 3.79. The molecule has 1 saturated heterocycles. The number of likely N-dealkylation sites (tertiary alicyclic amines) is 1. The van der Waals surface area contributed by atoms with Crippen LogP contribution in [0.3, 0.4) is 0 Å². The summed E-state index contributed by atoms with van der Waals surface area (Å²) in [6.45, 7) is 3.51. The van der Waals surface area contributed by atoms with Crippen molar-refractivity contribution >= 4 is 5.91 Å². The van der Waals surface area contributed by atoms with Gasteiger partial charge in [-0.3, -0.25) is 4.79 Å². The van der Waals surface area contributed by atoms with Gasteiger partial charge in [-0.1, -0.05) is 12.1 Å². The molecule has 2 aliphatic rings. The van der Waals surface area contributed by atoms with Gasteiger partial charge in [0.1, 0.15) is 11.6 Å². The van der Waals surface area contributed by atoms with Crippen LogP contribution in [0.5, 0.6) is 5.75 Å². The van der Waals surface area contributed by atoms with Crippen LogP contribution in [-0.2, 0) is 24.2 Å². The lowest BCUT2D eigenvalue weighted by Crippen LogP contribution is -2.29. The van der Waals surface area contributed by atoms with Crippen molar-refractivity contribution < 1.29 is 9.53 Å². The number of hydrogen-bond acceptors (Lipinski definition) is 5. The number of fused-ring (bicyclic) bond motifs is 1. The minimum atomic E-state index is 0.220. The van der Waals surface area contributed by atoms with E-state index in [4.69, 9.17) is 9.72 Å². The molecule has 6 heteroatoms. The summed E-state index contributed by atoms with van der Waals surface area (Å²) in [5.41, 5.74) is 3.59. The second-order valence-corrected chi connectivity index (χ2v) is 7.86. The van der Waals surface area contributed by atoms with Crippen molar-refractivity contribution in [2.45, 2.75) is 38.1 Å². The third-order valence-electron chi connectivity index (χ3n) is 5.84. The zero-order chi connectivity index (χ0) is 19.5. The third kappa shape index (κ3) is 4.17. The van der Waals surface area contributed by atoms with Crippen LogP contribution in [0.15, 0.2) is 30.5 Å². The molecule has 1 atom stereocenters. The van der Waals surface area contributed by atoms with Gasteiger partial charge < -0.3 is 14.5 Å². The maximum absolute atomic E-state index is 12.6. The maximum Gasteiger partial charge on any atom is 0.222 e. The van der Waals surface area contributed by atoms with Crippen molar-refractivity contribution in [2.75, 3.05) is 33.8 Å². The predicted octanol–water partition coefficient (Wildman–Crippen LogP) is 2.42. The molecule has 1 aromatic heterocycles. The quantitative estimate of drug-likeness (QED) is 0.797. The molecular formula is C22H28N4O2. The molecule has 2 aromatic rings. The second-order valence-electron chi connectivity index (χ2n) is 7.86. The fraction of sp³-hybridized carbons (Fsp3) is 0.500. The van der Waals surface area contributed by atoms with Crippen LogP contribution in [0.2, 0.25) is 0 Å². The number of amides is 1. The lowest BCUT2D eigenvalue weighted by molar-refractivity contribution is -0.130. The van der Waals surface area contributed by atoms with Gasteiger partial charge in [-0.05, 0) is 37.6 Å². The van der Waals surface area contributed by atoms with E-state index in [0.717, 1.165) is 62.6 Å². The van der Waals surface area contributed by atoms with E-state index in [9.17, 15) is 4.79 Å². The summed E-state index contributed by atoms with van der Waals surface area (Å²) in [6, 6.07) is 7.93. The van der Waals surface area contributed by atoms with Crippen LogP contribution < -0.4 is 4.74 Å². The third-order valence-corrected chi connectivity index (χ3v) is 5.84. The van der Waals surface area contributed by atoms with E-state index in [-0.39, 0.29) is 11.8 Å². The van der Waals surface area contributed by atoms with E-state index >= 15 is 0 Å². The van der Waals surface area contributed by atoms with Crippen LogP contribution in [0, 0.1) is 0 Å². The Balaban J connectivity index is 1.32.